The van der Waals surface area contributed by atoms with Crippen molar-refractivity contribution in [3.63, 3.8) is 0 Å². The molecule has 2 nitrogen and oxygen atoms in total. The van der Waals surface area contributed by atoms with Crippen LogP contribution in [0.1, 0.15) is 12.5 Å². The maximum Gasteiger partial charge on any atom is 0.129 e. The molecule has 0 saturated carbocycles. The van der Waals surface area contributed by atoms with Crippen molar-refractivity contribution in [1.29, 1.82) is 0 Å². The van der Waals surface area contributed by atoms with E-state index >= 15 is 0 Å². The van der Waals surface area contributed by atoms with Crippen molar-refractivity contribution >= 4 is 26.8 Å². The highest BCUT2D eigenvalue weighted by Crippen LogP contribution is 2.24. The van der Waals surface area contributed by atoms with Crippen molar-refractivity contribution in [3.8, 4) is 5.75 Å². The van der Waals surface area contributed by atoms with Crippen LogP contribution in [0.25, 0.3) is 10.9 Å². The Morgan fingerprint density at radius 1 is 1.14 bits per heavy atom. The third kappa shape index (κ3) is 2.95. The van der Waals surface area contributed by atoms with Gasteiger partial charge in [-0.05, 0) is 43.3 Å². The average Bonchev–Trinajstić information content (AvgIpc) is 2.85. The van der Waals surface area contributed by atoms with E-state index in [0.717, 1.165) is 21.1 Å². The van der Waals surface area contributed by atoms with Gasteiger partial charge >= 0.3 is 0 Å². The molecule has 1 heterocycles. The van der Waals surface area contributed by atoms with Gasteiger partial charge in [0.25, 0.3) is 0 Å². The zero-order valence-electron chi connectivity index (χ0n) is 11.6. The van der Waals surface area contributed by atoms with Crippen molar-refractivity contribution in [1.82, 2.24) is 4.57 Å². The number of halogens is 2. The Kier molecular flexibility index (Phi) is 3.97. The fourth-order valence-electron chi connectivity index (χ4n) is 2.41. The van der Waals surface area contributed by atoms with Crippen LogP contribution in [0.4, 0.5) is 4.39 Å². The molecule has 21 heavy (non-hydrogen) atoms. The molecular weight excluding hydrogens is 333 g/mol. The first kappa shape index (κ1) is 14.1. The number of nitrogens with zero attached hydrogens (tertiary/aromatic N) is 1. The van der Waals surface area contributed by atoms with Gasteiger partial charge in [-0.1, -0.05) is 22.0 Å². The lowest BCUT2D eigenvalue weighted by Gasteiger charge is -2.08. The zero-order valence-corrected chi connectivity index (χ0v) is 13.2. The number of hydrogen-bond donors (Lipinski definition) is 0. The van der Waals surface area contributed by atoms with Gasteiger partial charge in [-0.2, -0.15) is 0 Å². The monoisotopic (exact) mass is 347 g/mol. The molecule has 0 unspecified atom stereocenters. The third-order valence-electron chi connectivity index (χ3n) is 3.41. The van der Waals surface area contributed by atoms with Crippen LogP contribution in [0, 0.1) is 5.82 Å². The molecule has 2 aromatic carbocycles. The third-order valence-corrected chi connectivity index (χ3v) is 3.90. The smallest absolute Gasteiger partial charge is 0.129 e. The lowest BCUT2D eigenvalue weighted by atomic mass is 10.2. The maximum atomic E-state index is 13.9. The summed E-state index contributed by atoms with van der Waals surface area (Å²) < 4.78 is 22.2. The second kappa shape index (κ2) is 5.90. The standard InChI is InChI=1S/C17H15BrFNO/c1-2-21-15-5-6-17-12(9-15)7-8-20(17)11-13-3-4-14(18)10-16(13)19/h3-10H,2,11H2,1H3. The molecule has 3 rings (SSSR count). The molecule has 0 atom stereocenters. The minimum Gasteiger partial charge on any atom is -0.494 e. The molecule has 1 aromatic heterocycles. The largest absolute Gasteiger partial charge is 0.494 e. The van der Waals surface area contributed by atoms with Gasteiger partial charge in [-0.25, -0.2) is 4.39 Å². The second-order valence-corrected chi connectivity index (χ2v) is 5.75. The highest BCUT2D eigenvalue weighted by molar-refractivity contribution is 9.10. The van der Waals surface area contributed by atoms with Gasteiger partial charge in [0.2, 0.25) is 0 Å². The summed E-state index contributed by atoms with van der Waals surface area (Å²) in [7, 11) is 0. The van der Waals surface area contributed by atoms with E-state index in [9.17, 15) is 4.39 Å². The molecule has 3 aromatic rings. The average molecular weight is 348 g/mol. The molecular formula is C17H15BrFNO. The lowest BCUT2D eigenvalue weighted by molar-refractivity contribution is 0.340. The zero-order chi connectivity index (χ0) is 14.8. The van der Waals surface area contributed by atoms with Crippen molar-refractivity contribution in [3.05, 3.63) is 64.5 Å². The van der Waals surface area contributed by atoms with Crippen LogP contribution < -0.4 is 4.74 Å². The van der Waals surface area contributed by atoms with Crippen molar-refractivity contribution in [2.24, 2.45) is 0 Å². The molecule has 0 N–H and O–H groups in total. The molecule has 0 spiro atoms. The van der Waals surface area contributed by atoms with Gasteiger partial charge < -0.3 is 9.30 Å². The molecule has 0 amide bonds. The summed E-state index contributed by atoms with van der Waals surface area (Å²) in [6.07, 6.45) is 1.97. The molecule has 108 valence electrons. The topological polar surface area (TPSA) is 14.2 Å². The molecule has 0 aliphatic carbocycles. The Labute approximate surface area is 131 Å². The highest BCUT2D eigenvalue weighted by Gasteiger charge is 2.07. The Morgan fingerprint density at radius 3 is 2.76 bits per heavy atom. The summed E-state index contributed by atoms with van der Waals surface area (Å²) in [4.78, 5) is 0. The summed E-state index contributed by atoms with van der Waals surface area (Å²) in [5, 5.41) is 1.10. The van der Waals surface area contributed by atoms with Crippen LogP contribution in [-0.4, -0.2) is 11.2 Å². The molecule has 0 radical (unpaired) electrons. The van der Waals surface area contributed by atoms with Gasteiger partial charge in [0.15, 0.2) is 0 Å². The van der Waals surface area contributed by atoms with E-state index in [1.807, 2.05) is 48.0 Å². The predicted molar refractivity (Wildman–Crippen MR) is 86.3 cm³/mol. The van der Waals surface area contributed by atoms with Crippen LogP contribution in [-0.2, 0) is 6.54 Å². The van der Waals surface area contributed by atoms with E-state index in [1.54, 1.807) is 6.07 Å². The maximum absolute atomic E-state index is 13.9. The minimum absolute atomic E-state index is 0.197. The number of fused-ring (bicyclic) bond motifs is 1. The molecule has 0 saturated heterocycles. The summed E-state index contributed by atoms with van der Waals surface area (Å²) in [5.41, 5.74) is 1.74. The van der Waals surface area contributed by atoms with Gasteiger partial charge in [-0.3, -0.25) is 0 Å². The van der Waals surface area contributed by atoms with Crippen LogP contribution in [0.3, 0.4) is 0 Å². The number of aromatic nitrogens is 1. The first-order valence-electron chi connectivity index (χ1n) is 6.83. The Balaban J connectivity index is 1.94. The molecule has 4 heteroatoms. The van der Waals surface area contributed by atoms with E-state index in [2.05, 4.69) is 15.9 Å². The van der Waals surface area contributed by atoms with E-state index in [0.29, 0.717) is 18.7 Å². The number of ether oxygens (including phenoxy) is 1. The predicted octanol–water partition coefficient (Wildman–Crippen LogP) is 4.99. The van der Waals surface area contributed by atoms with Crippen molar-refractivity contribution in [2.45, 2.75) is 13.5 Å². The number of rotatable bonds is 4. The van der Waals surface area contributed by atoms with Gasteiger partial charge in [0.05, 0.1) is 13.2 Å². The van der Waals surface area contributed by atoms with E-state index < -0.39 is 0 Å². The summed E-state index contributed by atoms with van der Waals surface area (Å²) in [6, 6.07) is 13.1. The Morgan fingerprint density at radius 2 is 2.00 bits per heavy atom. The Hall–Kier alpha value is -1.81. The number of benzene rings is 2. The lowest BCUT2D eigenvalue weighted by Crippen LogP contribution is -2.00. The first-order chi connectivity index (χ1) is 10.2. The number of hydrogen-bond acceptors (Lipinski definition) is 1. The minimum atomic E-state index is -0.197. The van der Waals surface area contributed by atoms with E-state index in [1.165, 1.54) is 6.07 Å². The second-order valence-electron chi connectivity index (χ2n) is 4.83. The SMILES string of the molecule is CCOc1ccc2c(ccn2Cc2ccc(Br)cc2F)c1. The quantitative estimate of drug-likeness (QED) is 0.648. The van der Waals surface area contributed by atoms with Crippen LogP contribution in [0.15, 0.2) is 53.1 Å². The van der Waals surface area contributed by atoms with Crippen molar-refractivity contribution < 1.29 is 9.13 Å². The summed E-state index contributed by atoms with van der Waals surface area (Å²) in [6.45, 7) is 3.12. The molecule has 0 bridgehead atoms. The van der Waals surface area contributed by atoms with E-state index in [-0.39, 0.29) is 5.82 Å². The van der Waals surface area contributed by atoms with Gasteiger partial charge in [0.1, 0.15) is 11.6 Å². The molecule has 0 aliphatic rings. The summed E-state index contributed by atoms with van der Waals surface area (Å²) in [5.74, 6) is 0.662. The van der Waals surface area contributed by atoms with Crippen LogP contribution in [0.2, 0.25) is 0 Å². The molecule has 0 fully saturated rings. The van der Waals surface area contributed by atoms with E-state index in [4.69, 9.17) is 4.74 Å². The summed E-state index contributed by atoms with van der Waals surface area (Å²) >= 11 is 3.28. The fourth-order valence-corrected chi connectivity index (χ4v) is 2.74. The van der Waals surface area contributed by atoms with Gasteiger partial charge in [0, 0.05) is 27.1 Å². The highest BCUT2D eigenvalue weighted by atomic mass is 79.9. The normalized spacial score (nSPS) is 11.0. The van der Waals surface area contributed by atoms with Gasteiger partial charge in [-0.15, -0.1) is 0 Å². The van der Waals surface area contributed by atoms with Crippen LogP contribution in [0.5, 0.6) is 5.75 Å². The van der Waals surface area contributed by atoms with Crippen molar-refractivity contribution in [2.75, 3.05) is 6.61 Å². The van der Waals surface area contributed by atoms with Crippen LogP contribution >= 0.6 is 15.9 Å². The fraction of sp³-hybridized carbons (Fsp3) is 0.176. The first-order valence-corrected chi connectivity index (χ1v) is 7.62. The molecule has 0 aliphatic heterocycles. The Bertz CT molecular complexity index is 782.